The number of nitrogens with one attached hydrogen (secondary N) is 2. The first-order chi connectivity index (χ1) is 17.6. The van der Waals surface area contributed by atoms with Crippen molar-refractivity contribution in [1.82, 2.24) is 0 Å². The van der Waals surface area contributed by atoms with Crippen LogP contribution in [0.1, 0.15) is 46.8 Å². The number of rotatable bonds is 6. The monoisotopic (exact) mass is 496 g/mol. The first-order valence-electron chi connectivity index (χ1n) is 12.1. The second-order valence-corrected chi connectivity index (χ2v) is 9.49. The number of fused-ring (bicyclic) bond motifs is 6. The molecule has 0 radical (unpaired) electrons. The minimum atomic E-state index is -1.10. The van der Waals surface area contributed by atoms with Gasteiger partial charge in [-0.15, -0.1) is 0 Å². The van der Waals surface area contributed by atoms with Gasteiger partial charge in [0.1, 0.15) is 11.5 Å². The summed E-state index contributed by atoms with van der Waals surface area (Å²) in [5.74, 6) is 0.983. The molecule has 6 rings (SSSR count). The highest BCUT2D eigenvalue weighted by Crippen LogP contribution is 2.56. The van der Waals surface area contributed by atoms with Gasteiger partial charge in [-0.1, -0.05) is 43.1 Å². The van der Waals surface area contributed by atoms with Crippen LogP contribution < -0.4 is 15.4 Å². The maximum absolute atomic E-state index is 13.1. The van der Waals surface area contributed by atoms with Crippen molar-refractivity contribution in [3.05, 3.63) is 112 Å². The van der Waals surface area contributed by atoms with Crippen molar-refractivity contribution in [3.8, 4) is 11.5 Å². The summed E-state index contributed by atoms with van der Waals surface area (Å²) in [6.45, 7) is 3.05. The molecule has 5 nitrogen and oxygen atoms in total. The number of esters is 1. The molecule has 2 aliphatic heterocycles. The molecule has 0 bridgehead atoms. The zero-order chi connectivity index (χ0) is 24.7. The van der Waals surface area contributed by atoms with Crippen LogP contribution >= 0.6 is 11.6 Å². The standard InChI is InChI=1S/C30H25ClN2O3/c1-2-3-16-32-21-12-14-25-28(18-21)35-27-15-13-22(33-20-10-8-19(31)9-11-20)17-26(27)30(25)24-7-5-4-6-23(24)29(34)36-30/h4-15,17-18,32-33H,2-3,16H2,1H3. The Morgan fingerprint density at radius 2 is 1.58 bits per heavy atom. The predicted octanol–water partition coefficient (Wildman–Crippen LogP) is 7.86. The second kappa shape index (κ2) is 8.92. The highest BCUT2D eigenvalue weighted by Gasteiger charge is 2.53. The smallest absolute Gasteiger partial charge is 0.340 e. The molecule has 0 amide bonds. The number of ether oxygens (including phenoxy) is 2. The van der Waals surface area contributed by atoms with Gasteiger partial charge < -0.3 is 20.1 Å². The lowest BCUT2D eigenvalue weighted by atomic mass is 9.77. The van der Waals surface area contributed by atoms with Gasteiger partial charge in [-0.2, -0.15) is 0 Å². The Morgan fingerprint density at radius 1 is 0.806 bits per heavy atom. The van der Waals surface area contributed by atoms with Crippen LogP contribution in [0, 0.1) is 0 Å². The summed E-state index contributed by atoms with van der Waals surface area (Å²) in [6, 6.07) is 27.0. The number of halogens is 1. The van der Waals surface area contributed by atoms with Crippen molar-refractivity contribution in [2.24, 2.45) is 0 Å². The van der Waals surface area contributed by atoms with Crippen LogP contribution in [0.2, 0.25) is 5.02 Å². The number of anilines is 3. The number of benzene rings is 4. The number of carbonyl (C=O) groups excluding carboxylic acids is 1. The number of hydrogen-bond acceptors (Lipinski definition) is 5. The summed E-state index contributed by atoms with van der Waals surface area (Å²) in [5.41, 5.74) is 4.58. The van der Waals surface area contributed by atoms with Crippen LogP contribution in [0.25, 0.3) is 0 Å². The second-order valence-electron chi connectivity index (χ2n) is 9.05. The van der Waals surface area contributed by atoms with Crippen LogP contribution in [-0.2, 0) is 10.3 Å². The predicted molar refractivity (Wildman–Crippen MR) is 143 cm³/mol. The Bertz CT molecular complexity index is 1470. The van der Waals surface area contributed by atoms with Gasteiger partial charge in [-0.05, 0) is 67.1 Å². The van der Waals surface area contributed by atoms with Crippen LogP contribution in [0.5, 0.6) is 11.5 Å². The molecule has 0 saturated heterocycles. The van der Waals surface area contributed by atoms with Crippen LogP contribution in [0.15, 0.2) is 84.9 Å². The van der Waals surface area contributed by atoms with E-state index in [2.05, 4.69) is 17.6 Å². The normalized spacial score (nSPS) is 17.0. The number of carbonyl (C=O) groups is 1. The van der Waals surface area contributed by atoms with Gasteiger partial charge in [0.15, 0.2) is 5.60 Å². The van der Waals surface area contributed by atoms with Gasteiger partial charge in [0.05, 0.1) is 5.56 Å². The zero-order valence-electron chi connectivity index (χ0n) is 19.8. The molecule has 36 heavy (non-hydrogen) atoms. The van der Waals surface area contributed by atoms with E-state index in [0.717, 1.165) is 53.1 Å². The third-order valence-electron chi connectivity index (χ3n) is 6.70. The molecule has 6 heteroatoms. The van der Waals surface area contributed by atoms with Crippen molar-refractivity contribution in [2.45, 2.75) is 25.4 Å². The molecule has 1 spiro atoms. The van der Waals surface area contributed by atoms with E-state index >= 15 is 0 Å². The molecule has 0 aromatic heterocycles. The van der Waals surface area contributed by atoms with E-state index in [-0.39, 0.29) is 5.97 Å². The summed E-state index contributed by atoms with van der Waals surface area (Å²) in [4.78, 5) is 13.1. The average molecular weight is 497 g/mol. The summed E-state index contributed by atoms with van der Waals surface area (Å²) in [7, 11) is 0. The van der Waals surface area contributed by atoms with E-state index in [9.17, 15) is 4.79 Å². The van der Waals surface area contributed by atoms with Crippen LogP contribution in [0.3, 0.4) is 0 Å². The van der Waals surface area contributed by atoms with E-state index in [4.69, 9.17) is 21.1 Å². The Morgan fingerprint density at radius 3 is 2.42 bits per heavy atom. The lowest BCUT2D eigenvalue weighted by molar-refractivity contribution is 0.0224. The zero-order valence-corrected chi connectivity index (χ0v) is 20.6. The highest BCUT2D eigenvalue weighted by molar-refractivity contribution is 6.30. The highest BCUT2D eigenvalue weighted by atomic mass is 35.5. The van der Waals surface area contributed by atoms with E-state index in [1.165, 1.54) is 0 Å². The third kappa shape index (κ3) is 3.67. The lowest BCUT2D eigenvalue weighted by Gasteiger charge is -2.37. The molecule has 2 N–H and O–H groups in total. The van der Waals surface area contributed by atoms with E-state index < -0.39 is 5.60 Å². The fourth-order valence-corrected chi connectivity index (χ4v) is 5.10. The molecule has 4 aromatic carbocycles. The van der Waals surface area contributed by atoms with E-state index in [0.29, 0.717) is 22.1 Å². The number of hydrogen-bond donors (Lipinski definition) is 2. The molecular formula is C30H25ClN2O3. The Hall–Kier alpha value is -3.96. The first-order valence-corrected chi connectivity index (χ1v) is 12.5. The molecule has 0 aliphatic carbocycles. The molecule has 180 valence electrons. The van der Waals surface area contributed by atoms with Gasteiger partial charge in [-0.25, -0.2) is 4.79 Å². The van der Waals surface area contributed by atoms with Crippen molar-refractivity contribution in [3.63, 3.8) is 0 Å². The summed E-state index contributed by atoms with van der Waals surface area (Å²) in [6.07, 6.45) is 2.20. The SMILES string of the molecule is CCCCNc1ccc2c(c1)Oc1ccc(Nc3ccc(Cl)cc3)cc1C21OC(=O)c2ccccc21. The molecule has 1 atom stereocenters. The summed E-state index contributed by atoms with van der Waals surface area (Å²) < 4.78 is 12.7. The molecule has 2 aliphatic rings. The first kappa shape index (κ1) is 22.5. The Kier molecular flexibility index (Phi) is 5.57. The van der Waals surface area contributed by atoms with Gasteiger partial charge in [0, 0.05) is 51.4 Å². The van der Waals surface area contributed by atoms with Gasteiger partial charge in [0.25, 0.3) is 0 Å². The molecule has 1 unspecified atom stereocenters. The van der Waals surface area contributed by atoms with Crippen molar-refractivity contribution >= 4 is 34.6 Å². The van der Waals surface area contributed by atoms with Crippen molar-refractivity contribution in [2.75, 3.05) is 17.2 Å². The van der Waals surface area contributed by atoms with Gasteiger partial charge in [0.2, 0.25) is 0 Å². The topological polar surface area (TPSA) is 59.6 Å². The van der Waals surface area contributed by atoms with Crippen molar-refractivity contribution in [1.29, 1.82) is 0 Å². The van der Waals surface area contributed by atoms with E-state index in [1.807, 2.05) is 84.9 Å². The van der Waals surface area contributed by atoms with Gasteiger partial charge >= 0.3 is 5.97 Å². The van der Waals surface area contributed by atoms with Gasteiger partial charge in [-0.3, -0.25) is 0 Å². The molecular weight excluding hydrogens is 472 g/mol. The maximum atomic E-state index is 13.1. The fraction of sp³-hybridized carbons (Fsp3) is 0.167. The van der Waals surface area contributed by atoms with E-state index in [1.54, 1.807) is 0 Å². The molecule has 2 heterocycles. The van der Waals surface area contributed by atoms with Crippen molar-refractivity contribution < 1.29 is 14.3 Å². The fourth-order valence-electron chi connectivity index (χ4n) is 4.97. The summed E-state index contributed by atoms with van der Waals surface area (Å²) >= 11 is 6.05. The average Bonchev–Trinajstić information content (AvgIpc) is 3.19. The Balaban J connectivity index is 1.49. The minimum Gasteiger partial charge on any atom is -0.456 e. The number of unbranched alkanes of at least 4 members (excludes halogenated alkanes) is 1. The summed E-state index contributed by atoms with van der Waals surface area (Å²) in [5, 5.41) is 7.55. The van der Waals surface area contributed by atoms with Crippen LogP contribution in [0.4, 0.5) is 17.1 Å². The van der Waals surface area contributed by atoms with Crippen LogP contribution in [-0.4, -0.2) is 12.5 Å². The Labute approximate surface area is 215 Å². The molecule has 4 aromatic rings. The lowest BCUT2D eigenvalue weighted by Crippen LogP contribution is -2.33. The largest absolute Gasteiger partial charge is 0.456 e. The minimum absolute atomic E-state index is 0.342. The molecule has 0 saturated carbocycles. The quantitative estimate of drug-likeness (QED) is 0.210. The molecule has 0 fully saturated rings. The maximum Gasteiger partial charge on any atom is 0.340 e. The third-order valence-corrected chi connectivity index (χ3v) is 6.96.